The van der Waals surface area contributed by atoms with Crippen molar-refractivity contribution in [1.82, 2.24) is 25.5 Å². The molecule has 2 aliphatic heterocycles. The van der Waals surface area contributed by atoms with E-state index >= 15 is 0 Å². The molecule has 0 saturated carbocycles. The second-order valence-electron chi connectivity index (χ2n) is 8.12. The number of carbonyl (C=O) groups excluding carboxylic acids is 2. The van der Waals surface area contributed by atoms with Gasteiger partial charge in [-0.1, -0.05) is 0 Å². The van der Waals surface area contributed by atoms with Gasteiger partial charge >= 0.3 is 5.91 Å². The number of nitrogens with two attached hydrogens (primary N) is 2. The third-order valence-corrected chi connectivity index (χ3v) is 6.80. The molecule has 6 N–H and O–H groups in total. The highest BCUT2D eigenvalue weighted by atomic mass is 127. The molecule has 2 saturated heterocycles. The van der Waals surface area contributed by atoms with Crippen molar-refractivity contribution in [3.63, 3.8) is 0 Å². The van der Waals surface area contributed by atoms with Crippen LogP contribution in [0.2, 0.25) is 0 Å². The van der Waals surface area contributed by atoms with Crippen molar-refractivity contribution in [3.05, 3.63) is 45.5 Å². The predicted molar refractivity (Wildman–Crippen MR) is 131 cm³/mol. The summed E-state index contributed by atoms with van der Waals surface area (Å²) in [5.41, 5.74) is 12.5. The molecular weight excluding hydrogens is 539 g/mol. The maximum Gasteiger partial charge on any atom is 0.302 e. The van der Waals surface area contributed by atoms with Gasteiger partial charge in [0.15, 0.2) is 23.3 Å². The minimum Gasteiger partial charge on any atom is -0.464 e. The molecule has 0 atom stereocenters. The van der Waals surface area contributed by atoms with Crippen molar-refractivity contribution in [2.45, 2.75) is 18.4 Å². The van der Waals surface area contributed by atoms with Gasteiger partial charge < -0.3 is 31.4 Å². The average molecular weight is 560 g/mol. The number of aromatic nitrogens is 2. The molecule has 2 aromatic heterocycles. The third-order valence-electron chi connectivity index (χ3n) is 6.01. The highest BCUT2D eigenvalue weighted by molar-refractivity contribution is 14.1. The summed E-state index contributed by atoms with van der Waals surface area (Å²) in [5.74, 6) is -0.143. The van der Waals surface area contributed by atoms with E-state index in [1.807, 2.05) is 45.7 Å². The lowest BCUT2D eigenvalue weighted by Crippen LogP contribution is -2.53. The van der Waals surface area contributed by atoms with E-state index in [-0.39, 0.29) is 28.8 Å². The molecule has 1 aromatic carbocycles. The van der Waals surface area contributed by atoms with Crippen LogP contribution in [-0.4, -0.2) is 57.8 Å². The van der Waals surface area contributed by atoms with E-state index in [9.17, 15) is 9.59 Å². The van der Waals surface area contributed by atoms with Gasteiger partial charge in [0.2, 0.25) is 0 Å². The van der Waals surface area contributed by atoms with Gasteiger partial charge in [0.05, 0.1) is 11.8 Å². The Kier molecular flexibility index (Phi) is 5.31. The van der Waals surface area contributed by atoms with Crippen LogP contribution in [0.15, 0.2) is 39.9 Å². The average Bonchev–Trinajstić information content (AvgIpc) is 3.43. The molecule has 0 radical (unpaired) electrons. The van der Waals surface area contributed by atoms with Gasteiger partial charge in [-0.25, -0.2) is 9.97 Å². The maximum absolute atomic E-state index is 13.0. The van der Waals surface area contributed by atoms with Gasteiger partial charge in [0.25, 0.3) is 5.91 Å². The minimum absolute atomic E-state index is 0.00465. The molecule has 33 heavy (non-hydrogen) atoms. The largest absolute Gasteiger partial charge is 0.464 e. The van der Waals surface area contributed by atoms with E-state index < -0.39 is 5.91 Å². The molecule has 0 bridgehead atoms. The first kappa shape index (κ1) is 21.4. The number of guanidine groups is 1. The molecule has 2 fully saturated rings. The van der Waals surface area contributed by atoms with Crippen LogP contribution in [-0.2, 0) is 0 Å². The number of aliphatic imine (C=N–C) groups is 1. The number of hydrogen-bond donors (Lipinski definition) is 4. The van der Waals surface area contributed by atoms with E-state index in [0.29, 0.717) is 47.7 Å². The number of nitrogens with one attached hydrogen (secondary N) is 2. The summed E-state index contributed by atoms with van der Waals surface area (Å²) < 4.78 is 5.74. The van der Waals surface area contributed by atoms with Gasteiger partial charge in [-0.3, -0.25) is 9.59 Å². The normalized spacial score (nSPS) is 18.5. The summed E-state index contributed by atoms with van der Waals surface area (Å²) in [7, 11) is 0. The highest BCUT2D eigenvalue weighted by Gasteiger charge is 2.41. The van der Waals surface area contributed by atoms with Crippen LogP contribution in [0.5, 0.6) is 0 Å². The summed E-state index contributed by atoms with van der Waals surface area (Å²) >= 11 is 1.89. The van der Waals surface area contributed by atoms with E-state index in [4.69, 9.17) is 15.9 Å². The number of fused-ring (bicyclic) bond motifs is 1. The number of halogens is 1. The topological polar surface area (TPSA) is 165 Å². The third kappa shape index (κ3) is 4.05. The zero-order valence-corrected chi connectivity index (χ0v) is 19.6. The number of carbonyl (C=O) groups is 2. The summed E-state index contributed by atoms with van der Waals surface area (Å²) in [4.78, 5) is 39.5. The maximum atomic E-state index is 13.0. The van der Waals surface area contributed by atoms with Gasteiger partial charge in [0.1, 0.15) is 9.28 Å². The Labute approximate surface area is 202 Å². The second-order valence-corrected chi connectivity index (χ2v) is 9.15. The van der Waals surface area contributed by atoms with Crippen LogP contribution < -0.4 is 22.1 Å². The Hall–Kier alpha value is -3.42. The smallest absolute Gasteiger partial charge is 0.302 e. The van der Waals surface area contributed by atoms with Crippen LogP contribution in [0.25, 0.3) is 11.0 Å². The van der Waals surface area contributed by atoms with E-state index in [2.05, 4.69) is 25.6 Å². The molecule has 2 aliphatic rings. The number of benzene rings is 1. The molecule has 12 heteroatoms. The first-order valence-electron chi connectivity index (χ1n) is 10.3. The van der Waals surface area contributed by atoms with E-state index in [1.54, 1.807) is 12.3 Å². The molecule has 3 aromatic rings. The van der Waals surface area contributed by atoms with Crippen molar-refractivity contribution < 1.29 is 14.0 Å². The van der Waals surface area contributed by atoms with Crippen molar-refractivity contribution in [2.24, 2.45) is 4.99 Å². The highest BCUT2D eigenvalue weighted by Crippen LogP contribution is 2.26. The lowest BCUT2D eigenvalue weighted by Gasteiger charge is -2.38. The molecule has 4 heterocycles. The lowest BCUT2D eigenvalue weighted by molar-refractivity contribution is 0.0669. The van der Waals surface area contributed by atoms with Gasteiger partial charge in [-0.2, -0.15) is 4.99 Å². The van der Waals surface area contributed by atoms with E-state index in [1.165, 1.54) is 0 Å². The molecular formula is C21H21IN8O3. The number of hydrogen-bond acceptors (Lipinski definition) is 7. The summed E-state index contributed by atoms with van der Waals surface area (Å²) in [6.45, 7) is 1.78. The Morgan fingerprint density at radius 1 is 1.15 bits per heavy atom. The number of piperidine rings is 1. The van der Waals surface area contributed by atoms with Gasteiger partial charge in [0, 0.05) is 30.6 Å². The van der Waals surface area contributed by atoms with Crippen molar-refractivity contribution in [3.8, 4) is 0 Å². The zero-order valence-electron chi connectivity index (χ0n) is 17.5. The SMILES string of the molecule is Nc1nc(N)c(C(=O)/N=C2\NCC3(CCN(C(=O)c4ccc5occc5c4)CC3)N2)nc1I. The summed E-state index contributed by atoms with van der Waals surface area (Å²) in [6, 6.07) is 7.30. The Morgan fingerprint density at radius 3 is 2.73 bits per heavy atom. The van der Waals surface area contributed by atoms with Crippen LogP contribution in [0.3, 0.4) is 0 Å². The molecule has 1 spiro atoms. The second kappa shape index (κ2) is 8.17. The molecule has 0 aliphatic carbocycles. The Morgan fingerprint density at radius 2 is 1.94 bits per heavy atom. The number of nitrogen functional groups attached to an aromatic ring is 2. The molecule has 0 unspecified atom stereocenters. The molecule has 2 amide bonds. The first-order valence-corrected chi connectivity index (χ1v) is 11.4. The monoisotopic (exact) mass is 560 g/mol. The number of furan rings is 1. The number of amides is 2. The van der Waals surface area contributed by atoms with E-state index in [0.717, 1.165) is 11.0 Å². The van der Waals surface area contributed by atoms with Gasteiger partial charge in [-0.15, -0.1) is 0 Å². The Bertz CT molecular complexity index is 1300. The predicted octanol–water partition coefficient (Wildman–Crippen LogP) is 1.36. The number of rotatable bonds is 2. The fraction of sp³-hybridized carbons (Fsp3) is 0.286. The quantitative estimate of drug-likeness (QED) is 0.339. The summed E-state index contributed by atoms with van der Waals surface area (Å²) in [6.07, 6.45) is 3.05. The number of nitrogens with zero attached hydrogens (tertiary/aromatic N) is 4. The Balaban J connectivity index is 1.24. The number of anilines is 2. The number of likely N-dealkylation sites (tertiary alicyclic amines) is 1. The van der Waals surface area contributed by atoms with Crippen LogP contribution in [0, 0.1) is 3.70 Å². The molecule has 170 valence electrons. The van der Waals surface area contributed by atoms with Crippen molar-refractivity contribution in [2.75, 3.05) is 31.1 Å². The van der Waals surface area contributed by atoms with Crippen LogP contribution >= 0.6 is 22.6 Å². The fourth-order valence-corrected chi connectivity index (χ4v) is 4.50. The van der Waals surface area contributed by atoms with Crippen LogP contribution in [0.1, 0.15) is 33.7 Å². The summed E-state index contributed by atoms with van der Waals surface area (Å²) in [5, 5.41) is 7.37. The minimum atomic E-state index is -0.604. The molecule has 11 nitrogen and oxygen atoms in total. The van der Waals surface area contributed by atoms with Crippen molar-refractivity contribution in [1.29, 1.82) is 0 Å². The van der Waals surface area contributed by atoms with Crippen LogP contribution in [0.4, 0.5) is 11.6 Å². The standard InChI is InChI=1S/C21H21IN8O3/c22-15-17(24)27-16(23)14(26-15)18(31)28-20-25-10-21(29-20)4-6-30(7-5-21)19(32)12-1-2-13-11(9-12)3-8-33-13/h1-3,8-9H,4-7,10H2,(H4,23,24,27)(H2,25,28,29,31). The first-order chi connectivity index (χ1) is 15.8. The lowest BCUT2D eigenvalue weighted by atomic mass is 9.88. The fourth-order valence-electron chi connectivity index (χ4n) is 4.14. The van der Waals surface area contributed by atoms with Crippen molar-refractivity contribution >= 4 is 63.0 Å². The van der Waals surface area contributed by atoms with Gasteiger partial charge in [-0.05, 0) is 59.7 Å². The zero-order chi connectivity index (χ0) is 23.2. The molecule has 5 rings (SSSR count).